The Morgan fingerprint density at radius 3 is 2.64 bits per heavy atom. The molecule has 1 unspecified atom stereocenters. The van der Waals surface area contributed by atoms with Crippen LogP contribution >= 0.6 is 0 Å². The van der Waals surface area contributed by atoms with E-state index in [4.69, 9.17) is 14.2 Å². The lowest BCUT2D eigenvalue weighted by Crippen LogP contribution is -2.22. The molecule has 4 heteroatoms. The third-order valence-corrected chi connectivity index (χ3v) is 3.60. The fourth-order valence-electron chi connectivity index (χ4n) is 2.38. The Labute approximate surface area is 134 Å². The summed E-state index contributed by atoms with van der Waals surface area (Å²) in [5.41, 5.74) is 0. The van der Waals surface area contributed by atoms with E-state index in [1.165, 1.54) is 38.5 Å². The van der Waals surface area contributed by atoms with E-state index in [9.17, 15) is 4.79 Å². The smallest absolute Gasteiger partial charge is 0.384 e. The Morgan fingerprint density at radius 2 is 1.91 bits per heavy atom. The van der Waals surface area contributed by atoms with Crippen LogP contribution < -0.4 is 0 Å². The van der Waals surface area contributed by atoms with E-state index in [-0.39, 0.29) is 6.29 Å². The number of hydrogen-bond donors (Lipinski definition) is 0. The van der Waals surface area contributed by atoms with Gasteiger partial charge < -0.3 is 14.2 Å². The summed E-state index contributed by atoms with van der Waals surface area (Å²) < 4.78 is 16.0. The van der Waals surface area contributed by atoms with Crippen molar-refractivity contribution in [3.8, 4) is 11.8 Å². The van der Waals surface area contributed by atoms with Crippen LogP contribution in [-0.4, -0.2) is 32.1 Å². The van der Waals surface area contributed by atoms with Crippen molar-refractivity contribution in [1.82, 2.24) is 0 Å². The van der Waals surface area contributed by atoms with Crippen LogP contribution in [0.25, 0.3) is 0 Å². The van der Waals surface area contributed by atoms with Crippen molar-refractivity contribution >= 4 is 5.97 Å². The van der Waals surface area contributed by atoms with Gasteiger partial charge in [0.2, 0.25) is 0 Å². The molecule has 0 aromatic carbocycles. The van der Waals surface area contributed by atoms with Crippen LogP contribution in [0.15, 0.2) is 0 Å². The normalized spacial score (nSPS) is 17.6. The van der Waals surface area contributed by atoms with Crippen molar-refractivity contribution in [2.75, 3.05) is 19.8 Å². The first-order chi connectivity index (χ1) is 10.8. The number of hydrogen-bond acceptors (Lipinski definition) is 4. The van der Waals surface area contributed by atoms with Crippen LogP contribution in [0.3, 0.4) is 0 Å². The minimum Gasteiger partial charge on any atom is -0.456 e. The average Bonchev–Trinajstić information content (AvgIpc) is 2.54. The molecule has 0 aliphatic carbocycles. The molecule has 0 amide bonds. The Kier molecular flexibility index (Phi) is 11.7. The number of unbranched alkanes of at least 4 members (excludes halogenated alkanes) is 6. The monoisotopic (exact) mass is 310 g/mol. The van der Waals surface area contributed by atoms with Gasteiger partial charge in [-0.1, -0.05) is 31.6 Å². The Hall–Kier alpha value is -1.05. The first-order valence-electron chi connectivity index (χ1n) is 8.71. The molecule has 1 heterocycles. The number of esters is 1. The third-order valence-electron chi connectivity index (χ3n) is 3.60. The average molecular weight is 310 g/mol. The summed E-state index contributed by atoms with van der Waals surface area (Å²) in [5.74, 6) is 4.94. The summed E-state index contributed by atoms with van der Waals surface area (Å²) in [4.78, 5) is 11.0. The highest BCUT2D eigenvalue weighted by Crippen LogP contribution is 2.14. The highest BCUT2D eigenvalue weighted by atomic mass is 16.7. The number of carbonyl (C=O) groups is 1. The Morgan fingerprint density at radius 1 is 1.14 bits per heavy atom. The summed E-state index contributed by atoms with van der Waals surface area (Å²) in [6.07, 6.45) is 11.3. The first kappa shape index (κ1) is 19.0. The predicted molar refractivity (Wildman–Crippen MR) is 86.3 cm³/mol. The maximum absolute atomic E-state index is 11.0. The molecule has 0 saturated carbocycles. The lowest BCUT2D eigenvalue weighted by molar-refractivity contribution is -0.162. The van der Waals surface area contributed by atoms with Gasteiger partial charge in [0, 0.05) is 25.6 Å². The second-order valence-electron chi connectivity index (χ2n) is 5.56. The summed E-state index contributed by atoms with van der Waals surface area (Å²) in [6.45, 7) is 3.84. The maximum atomic E-state index is 11.0. The van der Waals surface area contributed by atoms with E-state index in [1.54, 1.807) is 6.92 Å². The molecule has 0 aromatic heterocycles. The molecule has 22 heavy (non-hydrogen) atoms. The van der Waals surface area contributed by atoms with Crippen molar-refractivity contribution in [3.05, 3.63) is 0 Å². The molecule has 0 spiro atoms. The van der Waals surface area contributed by atoms with E-state index in [0.29, 0.717) is 6.61 Å². The summed E-state index contributed by atoms with van der Waals surface area (Å²) in [5, 5.41) is 0. The zero-order valence-electron chi connectivity index (χ0n) is 13.9. The van der Waals surface area contributed by atoms with Gasteiger partial charge in [-0.25, -0.2) is 4.79 Å². The maximum Gasteiger partial charge on any atom is 0.384 e. The Balaban J connectivity index is 1.80. The lowest BCUT2D eigenvalue weighted by Gasteiger charge is -2.22. The van der Waals surface area contributed by atoms with Gasteiger partial charge in [-0.05, 0) is 39.0 Å². The van der Waals surface area contributed by atoms with Gasteiger partial charge in [0.05, 0.1) is 6.61 Å². The van der Waals surface area contributed by atoms with E-state index >= 15 is 0 Å². The zero-order chi connectivity index (χ0) is 15.9. The fourth-order valence-corrected chi connectivity index (χ4v) is 2.38. The topological polar surface area (TPSA) is 44.8 Å². The van der Waals surface area contributed by atoms with Crippen molar-refractivity contribution < 1.29 is 19.0 Å². The van der Waals surface area contributed by atoms with Crippen molar-refractivity contribution in [2.24, 2.45) is 0 Å². The van der Waals surface area contributed by atoms with Crippen LogP contribution in [0, 0.1) is 11.8 Å². The molecule has 1 aliphatic rings. The highest BCUT2D eigenvalue weighted by Gasteiger charge is 2.13. The molecule has 4 nitrogen and oxygen atoms in total. The van der Waals surface area contributed by atoms with Gasteiger partial charge in [-0.15, -0.1) is 0 Å². The van der Waals surface area contributed by atoms with E-state index in [0.717, 1.165) is 38.9 Å². The van der Waals surface area contributed by atoms with Crippen LogP contribution in [0.5, 0.6) is 0 Å². The van der Waals surface area contributed by atoms with Gasteiger partial charge in [-0.3, -0.25) is 0 Å². The molecular formula is C18H30O4. The van der Waals surface area contributed by atoms with Crippen molar-refractivity contribution in [3.63, 3.8) is 0 Å². The van der Waals surface area contributed by atoms with E-state index in [2.05, 4.69) is 11.8 Å². The number of rotatable bonds is 10. The molecule has 1 aliphatic heterocycles. The van der Waals surface area contributed by atoms with Crippen LogP contribution in [0.2, 0.25) is 0 Å². The highest BCUT2D eigenvalue weighted by molar-refractivity contribution is 5.88. The van der Waals surface area contributed by atoms with Gasteiger partial charge in [0.1, 0.15) is 0 Å². The second-order valence-corrected chi connectivity index (χ2v) is 5.56. The SMILES string of the molecule is CCOC(=O)C#CCCCCCCCCOC1CCCCO1. The summed E-state index contributed by atoms with van der Waals surface area (Å²) in [7, 11) is 0. The molecule has 1 saturated heterocycles. The molecule has 0 N–H and O–H groups in total. The fraction of sp³-hybridized carbons (Fsp3) is 0.833. The van der Waals surface area contributed by atoms with Gasteiger partial charge in [0.25, 0.3) is 0 Å². The zero-order valence-corrected chi connectivity index (χ0v) is 13.9. The molecule has 1 atom stereocenters. The van der Waals surface area contributed by atoms with E-state index in [1.807, 2.05) is 0 Å². The molecule has 1 rings (SSSR count). The summed E-state index contributed by atoms with van der Waals surface area (Å²) in [6, 6.07) is 0. The van der Waals surface area contributed by atoms with Gasteiger partial charge in [0.15, 0.2) is 6.29 Å². The van der Waals surface area contributed by atoms with Crippen LogP contribution in [0.4, 0.5) is 0 Å². The van der Waals surface area contributed by atoms with Crippen LogP contribution in [0.1, 0.15) is 71.1 Å². The largest absolute Gasteiger partial charge is 0.456 e. The number of carbonyl (C=O) groups excluding carboxylic acids is 1. The molecule has 1 fully saturated rings. The van der Waals surface area contributed by atoms with E-state index < -0.39 is 5.97 Å². The molecule has 0 bridgehead atoms. The predicted octanol–water partition coefficient (Wildman–Crippen LogP) is 3.83. The second kappa shape index (κ2) is 13.6. The lowest BCUT2D eigenvalue weighted by atomic mass is 10.1. The minimum atomic E-state index is -0.413. The molecule has 126 valence electrons. The number of ether oxygens (including phenoxy) is 3. The quantitative estimate of drug-likeness (QED) is 0.266. The summed E-state index contributed by atoms with van der Waals surface area (Å²) >= 11 is 0. The van der Waals surface area contributed by atoms with Crippen LogP contribution in [-0.2, 0) is 19.0 Å². The van der Waals surface area contributed by atoms with Gasteiger partial charge in [-0.2, -0.15) is 0 Å². The third kappa shape index (κ3) is 10.6. The molecule has 0 radical (unpaired) electrons. The molecule has 0 aromatic rings. The Bertz CT molecular complexity index is 337. The first-order valence-corrected chi connectivity index (χ1v) is 8.71. The van der Waals surface area contributed by atoms with Crippen molar-refractivity contribution in [1.29, 1.82) is 0 Å². The van der Waals surface area contributed by atoms with Crippen molar-refractivity contribution in [2.45, 2.75) is 77.4 Å². The molecular weight excluding hydrogens is 280 g/mol. The standard InChI is InChI=1S/C18H30O4/c1-2-20-17(19)13-9-7-5-3-4-6-8-11-15-21-18-14-10-12-16-22-18/h18H,2-8,10-12,14-16H2,1H3. The van der Waals surface area contributed by atoms with Gasteiger partial charge >= 0.3 is 5.97 Å². The minimum absolute atomic E-state index is 0.0479.